The van der Waals surface area contributed by atoms with Crippen LogP contribution in [0.4, 0.5) is 5.69 Å². The van der Waals surface area contributed by atoms with E-state index in [-0.39, 0.29) is 6.04 Å². The highest BCUT2D eigenvalue weighted by molar-refractivity contribution is 6.39. The van der Waals surface area contributed by atoms with Gasteiger partial charge in [0.2, 0.25) is 0 Å². The van der Waals surface area contributed by atoms with Gasteiger partial charge in [0.25, 0.3) is 0 Å². The molecule has 5 heteroatoms. The Bertz CT molecular complexity index is 919. The minimum absolute atomic E-state index is 0.269. The molecular formula is C21H19N3O2. The van der Waals surface area contributed by atoms with E-state index in [2.05, 4.69) is 9.88 Å². The first-order valence-electron chi connectivity index (χ1n) is 8.61. The Kier molecular flexibility index (Phi) is 4.27. The molecule has 1 aliphatic heterocycles. The minimum atomic E-state index is -0.614. The molecule has 0 saturated heterocycles. The molecular weight excluding hydrogens is 326 g/mol. The molecule has 1 atom stereocenters. The van der Waals surface area contributed by atoms with Gasteiger partial charge >= 0.3 is 11.8 Å². The number of benzene rings is 2. The molecule has 3 aromatic rings. The molecule has 0 saturated carbocycles. The molecule has 0 bridgehead atoms. The maximum Gasteiger partial charge on any atom is 0.313 e. The van der Waals surface area contributed by atoms with E-state index in [1.807, 2.05) is 66.9 Å². The van der Waals surface area contributed by atoms with Crippen LogP contribution in [0.25, 0.3) is 0 Å². The van der Waals surface area contributed by atoms with Crippen LogP contribution >= 0.6 is 0 Å². The van der Waals surface area contributed by atoms with Crippen molar-refractivity contribution in [3.8, 4) is 0 Å². The molecule has 2 amide bonds. The Morgan fingerprint density at radius 1 is 0.846 bits per heavy atom. The van der Waals surface area contributed by atoms with E-state index in [1.54, 1.807) is 17.0 Å². The van der Waals surface area contributed by atoms with Crippen LogP contribution in [-0.4, -0.2) is 27.8 Å². The van der Waals surface area contributed by atoms with Gasteiger partial charge in [-0.15, -0.1) is 0 Å². The number of hydrogen-bond acceptors (Lipinski definition) is 2. The highest BCUT2D eigenvalue weighted by atomic mass is 16.2. The van der Waals surface area contributed by atoms with Gasteiger partial charge in [-0.2, -0.15) is 0 Å². The van der Waals surface area contributed by atoms with Gasteiger partial charge in [0, 0.05) is 30.7 Å². The van der Waals surface area contributed by atoms with Gasteiger partial charge in [-0.1, -0.05) is 48.5 Å². The lowest BCUT2D eigenvalue weighted by atomic mass is 10.00. The zero-order valence-corrected chi connectivity index (χ0v) is 14.2. The molecule has 1 aromatic heterocycles. The van der Waals surface area contributed by atoms with Crippen molar-refractivity contribution in [2.24, 2.45) is 0 Å². The van der Waals surface area contributed by atoms with Gasteiger partial charge in [-0.05, 0) is 29.8 Å². The molecule has 5 nitrogen and oxygen atoms in total. The molecule has 1 N–H and O–H groups in total. The molecule has 0 fully saturated rings. The first-order chi connectivity index (χ1) is 12.7. The third-order valence-corrected chi connectivity index (χ3v) is 4.64. The maximum atomic E-state index is 12.9. The Morgan fingerprint density at radius 3 is 2.27 bits per heavy atom. The summed E-state index contributed by atoms with van der Waals surface area (Å²) in [5, 5.41) is 2.69. The number of para-hydroxylation sites is 1. The third-order valence-electron chi connectivity index (χ3n) is 4.64. The van der Waals surface area contributed by atoms with Crippen molar-refractivity contribution in [1.82, 2.24) is 9.47 Å². The molecule has 2 aromatic carbocycles. The summed E-state index contributed by atoms with van der Waals surface area (Å²) in [7, 11) is 0. The second-order valence-corrected chi connectivity index (χ2v) is 6.26. The minimum Gasteiger partial charge on any atom is -0.348 e. The Labute approximate surface area is 151 Å². The van der Waals surface area contributed by atoms with Crippen LogP contribution in [0.5, 0.6) is 0 Å². The number of aromatic nitrogens is 1. The van der Waals surface area contributed by atoms with E-state index in [0.29, 0.717) is 18.8 Å². The zero-order chi connectivity index (χ0) is 17.9. The summed E-state index contributed by atoms with van der Waals surface area (Å²) in [6, 6.07) is 22.6. The highest BCUT2D eigenvalue weighted by Crippen LogP contribution is 2.32. The highest BCUT2D eigenvalue weighted by Gasteiger charge is 2.34. The van der Waals surface area contributed by atoms with Crippen LogP contribution in [0.15, 0.2) is 79.0 Å². The van der Waals surface area contributed by atoms with Gasteiger partial charge < -0.3 is 14.8 Å². The van der Waals surface area contributed by atoms with Crippen molar-refractivity contribution in [3.05, 3.63) is 90.3 Å². The summed E-state index contributed by atoms with van der Waals surface area (Å²) in [5.74, 6) is -1.13. The molecule has 130 valence electrons. The predicted molar refractivity (Wildman–Crippen MR) is 99.5 cm³/mol. The van der Waals surface area contributed by atoms with Crippen LogP contribution in [0.3, 0.4) is 0 Å². The number of rotatable bonds is 2. The standard InChI is InChI=1S/C21H19N3O2/c25-20(22-17-10-5-2-6-11-17)21(26)24-15-14-23-13-7-12-18(23)19(24)16-8-3-1-4-9-16/h1-13,19H,14-15H2,(H,22,25)/t19-/m1/s1. The average Bonchev–Trinajstić information content (AvgIpc) is 3.17. The number of nitrogens with zero attached hydrogens (tertiary/aromatic N) is 2. The normalized spacial score (nSPS) is 16.0. The second kappa shape index (κ2) is 6.88. The van der Waals surface area contributed by atoms with Crippen molar-refractivity contribution >= 4 is 17.5 Å². The van der Waals surface area contributed by atoms with Gasteiger partial charge in [0.15, 0.2) is 0 Å². The quantitative estimate of drug-likeness (QED) is 0.726. The fourth-order valence-corrected chi connectivity index (χ4v) is 3.42. The summed E-state index contributed by atoms with van der Waals surface area (Å²) in [5.41, 5.74) is 2.62. The summed E-state index contributed by atoms with van der Waals surface area (Å²) in [4.78, 5) is 27.1. The van der Waals surface area contributed by atoms with Crippen molar-refractivity contribution < 1.29 is 9.59 Å². The number of carbonyl (C=O) groups is 2. The summed E-state index contributed by atoms with van der Waals surface area (Å²) in [6.07, 6.45) is 2.01. The predicted octanol–water partition coefficient (Wildman–Crippen LogP) is 3.06. The van der Waals surface area contributed by atoms with E-state index < -0.39 is 11.8 Å². The Balaban J connectivity index is 1.64. The lowest BCUT2D eigenvalue weighted by molar-refractivity contribution is -0.145. The summed E-state index contributed by atoms with van der Waals surface area (Å²) >= 11 is 0. The summed E-state index contributed by atoms with van der Waals surface area (Å²) in [6.45, 7) is 1.16. The average molecular weight is 345 g/mol. The van der Waals surface area contributed by atoms with E-state index >= 15 is 0 Å². The van der Waals surface area contributed by atoms with Crippen LogP contribution in [0.1, 0.15) is 17.3 Å². The van der Waals surface area contributed by atoms with E-state index in [1.165, 1.54) is 0 Å². The van der Waals surface area contributed by atoms with E-state index in [4.69, 9.17) is 0 Å². The molecule has 4 rings (SSSR count). The van der Waals surface area contributed by atoms with Crippen LogP contribution in [-0.2, 0) is 16.1 Å². The molecule has 1 aliphatic rings. The summed E-state index contributed by atoms with van der Waals surface area (Å²) < 4.78 is 2.14. The van der Waals surface area contributed by atoms with Crippen molar-refractivity contribution in [2.45, 2.75) is 12.6 Å². The van der Waals surface area contributed by atoms with Crippen LogP contribution < -0.4 is 5.32 Å². The molecule has 2 heterocycles. The first kappa shape index (κ1) is 16.1. The fourth-order valence-electron chi connectivity index (χ4n) is 3.42. The van der Waals surface area contributed by atoms with Gasteiger partial charge in [-0.3, -0.25) is 9.59 Å². The van der Waals surface area contributed by atoms with E-state index in [9.17, 15) is 9.59 Å². The SMILES string of the molecule is O=C(Nc1ccccc1)C(=O)N1CCn2cccc2[C@H]1c1ccccc1. The lowest BCUT2D eigenvalue weighted by Crippen LogP contribution is -2.47. The van der Waals surface area contributed by atoms with Crippen LogP contribution in [0, 0.1) is 0 Å². The topological polar surface area (TPSA) is 54.3 Å². The first-order valence-corrected chi connectivity index (χ1v) is 8.61. The molecule has 0 spiro atoms. The van der Waals surface area contributed by atoms with Gasteiger partial charge in [-0.25, -0.2) is 0 Å². The fraction of sp³-hybridized carbons (Fsp3) is 0.143. The number of carbonyl (C=O) groups excluding carboxylic acids is 2. The van der Waals surface area contributed by atoms with E-state index in [0.717, 1.165) is 11.3 Å². The smallest absolute Gasteiger partial charge is 0.313 e. The van der Waals surface area contributed by atoms with Crippen LogP contribution in [0.2, 0.25) is 0 Å². The Hall–Kier alpha value is -3.34. The molecule has 0 radical (unpaired) electrons. The molecule has 26 heavy (non-hydrogen) atoms. The molecule has 0 unspecified atom stereocenters. The monoisotopic (exact) mass is 345 g/mol. The third kappa shape index (κ3) is 2.99. The largest absolute Gasteiger partial charge is 0.348 e. The Morgan fingerprint density at radius 2 is 1.54 bits per heavy atom. The maximum absolute atomic E-state index is 12.9. The van der Waals surface area contributed by atoms with Crippen molar-refractivity contribution in [3.63, 3.8) is 0 Å². The van der Waals surface area contributed by atoms with Crippen molar-refractivity contribution in [1.29, 1.82) is 0 Å². The number of hydrogen-bond donors (Lipinski definition) is 1. The number of anilines is 1. The number of amides is 2. The molecule has 0 aliphatic carbocycles. The van der Waals surface area contributed by atoms with Gasteiger partial charge in [0.1, 0.15) is 0 Å². The van der Waals surface area contributed by atoms with Crippen molar-refractivity contribution in [2.75, 3.05) is 11.9 Å². The second-order valence-electron chi connectivity index (χ2n) is 6.26. The van der Waals surface area contributed by atoms with Gasteiger partial charge in [0.05, 0.1) is 6.04 Å². The number of fused-ring (bicyclic) bond motifs is 1. The lowest BCUT2D eigenvalue weighted by Gasteiger charge is -2.36. The number of nitrogens with one attached hydrogen (secondary N) is 1. The zero-order valence-electron chi connectivity index (χ0n) is 14.2.